The van der Waals surface area contributed by atoms with Gasteiger partial charge in [0.1, 0.15) is 0 Å². The Morgan fingerprint density at radius 3 is 2.00 bits per heavy atom. The number of piperazine rings is 1. The number of likely N-dealkylation sites (N-methyl/N-ethyl adjacent to an activating group) is 1. The molecule has 0 atom stereocenters. The highest BCUT2D eigenvalue weighted by atomic mass is 16.3. The molecule has 0 bridgehead atoms. The molecule has 0 amide bonds. The first-order valence-corrected chi connectivity index (χ1v) is 6.39. The van der Waals surface area contributed by atoms with Gasteiger partial charge in [-0.3, -0.25) is 4.90 Å². The van der Waals surface area contributed by atoms with Crippen molar-refractivity contribution in [2.24, 2.45) is 0 Å². The van der Waals surface area contributed by atoms with E-state index in [2.05, 4.69) is 28.8 Å². The highest BCUT2D eigenvalue weighted by Crippen LogP contribution is 2.22. The monoisotopic (exact) mass is 229 g/mol. The standard InChI is InChI=1S/C12H25N3O.H2/c1-13-5-3-12(16,4-6-13)11-15-9-7-14(2)8-10-15;/h16H,3-11H2,1-2H3;1H. The zero-order valence-corrected chi connectivity index (χ0v) is 10.7. The van der Waals surface area contributed by atoms with Crippen LogP contribution in [0.1, 0.15) is 14.3 Å². The van der Waals surface area contributed by atoms with Gasteiger partial charge in [-0.05, 0) is 26.9 Å². The lowest BCUT2D eigenvalue weighted by atomic mass is 9.91. The molecule has 2 aliphatic heterocycles. The molecule has 0 radical (unpaired) electrons. The molecule has 0 spiro atoms. The van der Waals surface area contributed by atoms with Gasteiger partial charge in [0.05, 0.1) is 5.60 Å². The van der Waals surface area contributed by atoms with E-state index in [0.29, 0.717) is 0 Å². The van der Waals surface area contributed by atoms with Gasteiger partial charge in [0.25, 0.3) is 0 Å². The van der Waals surface area contributed by atoms with Crippen LogP contribution in [-0.4, -0.2) is 85.3 Å². The van der Waals surface area contributed by atoms with Crippen LogP contribution in [-0.2, 0) is 0 Å². The third kappa shape index (κ3) is 3.17. The first-order chi connectivity index (χ1) is 7.57. The molecule has 4 heteroatoms. The van der Waals surface area contributed by atoms with Gasteiger partial charge in [-0.1, -0.05) is 0 Å². The molecule has 0 aliphatic carbocycles. The van der Waals surface area contributed by atoms with Crippen LogP contribution >= 0.6 is 0 Å². The van der Waals surface area contributed by atoms with E-state index in [-0.39, 0.29) is 1.43 Å². The largest absolute Gasteiger partial charge is 0.388 e. The van der Waals surface area contributed by atoms with Gasteiger partial charge < -0.3 is 14.9 Å². The molecule has 2 aliphatic rings. The molecular weight excluding hydrogens is 202 g/mol. The zero-order chi connectivity index (χ0) is 11.6. The molecule has 0 aromatic carbocycles. The third-order valence-electron chi connectivity index (χ3n) is 4.03. The Labute approximate surface area is 100 Å². The van der Waals surface area contributed by atoms with Crippen LogP contribution in [0, 0.1) is 0 Å². The maximum Gasteiger partial charge on any atom is 0.0798 e. The normalized spacial score (nSPS) is 29.4. The summed E-state index contributed by atoms with van der Waals surface area (Å²) in [6, 6.07) is 0. The van der Waals surface area contributed by atoms with E-state index in [1.165, 1.54) is 0 Å². The number of aliphatic hydroxyl groups is 1. The Hall–Kier alpha value is -0.160. The predicted octanol–water partition coefficient (Wildman–Crippen LogP) is -0.0635. The molecule has 0 aromatic heterocycles. The second-order valence-corrected chi connectivity index (χ2v) is 5.61. The number of β-amino-alcohol motifs (C(OH)–C–C–N with tert-alkyl or cyclic N) is 1. The lowest BCUT2D eigenvalue weighted by molar-refractivity contribution is -0.0475. The summed E-state index contributed by atoms with van der Waals surface area (Å²) in [5.41, 5.74) is -0.428. The summed E-state index contributed by atoms with van der Waals surface area (Å²) < 4.78 is 0. The average molecular weight is 229 g/mol. The third-order valence-corrected chi connectivity index (χ3v) is 4.03. The number of rotatable bonds is 2. The van der Waals surface area contributed by atoms with Crippen LogP contribution in [0.4, 0.5) is 0 Å². The molecule has 2 heterocycles. The van der Waals surface area contributed by atoms with E-state index in [4.69, 9.17) is 0 Å². The molecule has 16 heavy (non-hydrogen) atoms. The number of likely N-dealkylation sites (tertiary alicyclic amines) is 1. The predicted molar refractivity (Wildman–Crippen MR) is 67.7 cm³/mol. The van der Waals surface area contributed by atoms with Gasteiger partial charge in [0.15, 0.2) is 0 Å². The minimum Gasteiger partial charge on any atom is -0.388 e. The minimum atomic E-state index is -0.428. The summed E-state index contributed by atoms with van der Waals surface area (Å²) in [6.45, 7) is 7.42. The minimum absolute atomic E-state index is 0. The average Bonchev–Trinajstić information content (AvgIpc) is 2.27. The fraction of sp³-hybridized carbons (Fsp3) is 1.00. The Bertz CT molecular complexity index is 224. The van der Waals surface area contributed by atoms with Crippen LogP contribution in [0.2, 0.25) is 0 Å². The van der Waals surface area contributed by atoms with E-state index in [0.717, 1.165) is 58.7 Å². The summed E-state index contributed by atoms with van der Waals surface area (Å²) in [4.78, 5) is 7.08. The van der Waals surface area contributed by atoms with Crippen LogP contribution in [0.5, 0.6) is 0 Å². The Balaban J connectivity index is 0.00000144. The Morgan fingerprint density at radius 1 is 0.938 bits per heavy atom. The number of piperidine rings is 1. The van der Waals surface area contributed by atoms with Gasteiger partial charge in [0.2, 0.25) is 0 Å². The van der Waals surface area contributed by atoms with Crippen LogP contribution in [0.25, 0.3) is 0 Å². The van der Waals surface area contributed by atoms with Crippen molar-refractivity contribution in [2.75, 3.05) is 59.9 Å². The Kier molecular flexibility index (Phi) is 3.85. The maximum absolute atomic E-state index is 10.5. The van der Waals surface area contributed by atoms with Gasteiger partial charge >= 0.3 is 0 Å². The molecule has 4 nitrogen and oxygen atoms in total. The van der Waals surface area contributed by atoms with Crippen molar-refractivity contribution in [1.29, 1.82) is 0 Å². The van der Waals surface area contributed by atoms with Crippen LogP contribution in [0.15, 0.2) is 0 Å². The van der Waals surface area contributed by atoms with Crippen molar-refractivity contribution in [1.82, 2.24) is 14.7 Å². The van der Waals surface area contributed by atoms with Gasteiger partial charge in [-0.2, -0.15) is 0 Å². The summed E-state index contributed by atoms with van der Waals surface area (Å²) >= 11 is 0. The Morgan fingerprint density at radius 2 is 1.44 bits per heavy atom. The SMILES string of the molecule is CN1CCN(CC2(O)CCN(C)CC2)CC1.[HH]. The number of hydrogen-bond acceptors (Lipinski definition) is 4. The molecule has 0 aromatic rings. The summed E-state index contributed by atoms with van der Waals surface area (Å²) in [6.07, 6.45) is 1.85. The smallest absolute Gasteiger partial charge is 0.0798 e. The van der Waals surface area contributed by atoms with Gasteiger partial charge in [-0.15, -0.1) is 0 Å². The van der Waals surface area contributed by atoms with Crippen LogP contribution in [0.3, 0.4) is 0 Å². The van der Waals surface area contributed by atoms with E-state index >= 15 is 0 Å². The van der Waals surface area contributed by atoms with Crippen LogP contribution < -0.4 is 0 Å². The van der Waals surface area contributed by atoms with Crippen molar-refractivity contribution in [2.45, 2.75) is 18.4 Å². The van der Waals surface area contributed by atoms with Crippen molar-refractivity contribution in [3.05, 3.63) is 0 Å². The summed E-state index contributed by atoms with van der Waals surface area (Å²) in [5, 5.41) is 10.5. The summed E-state index contributed by atoms with van der Waals surface area (Å²) in [5.74, 6) is 0. The zero-order valence-electron chi connectivity index (χ0n) is 10.7. The molecule has 2 fully saturated rings. The molecule has 2 saturated heterocycles. The lowest BCUT2D eigenvalue weighted by Gasteiger charge is -2.42. The lowest BCUT2D eigenvalue weighted by Crippen LogP contribution is -2.54. The number of hydrogen-bond donors (Lipinski definition) is 1. The summed E-state index contributed by atoms with van der Waals surface area (Å²) in [7, 11) is 4.30. The fourth-order valence-corrected chi connectivity index (χ4v) is 2.62. The van der Waals surface area contributed by atoms with Gasteiger partial charge in [-0.25, -0.2) is 0 Å². The van der Waals surface area contributed by atoms with E-state index in [9.17, 15) is 5.11 Å². The molecular formula is C12H27N3O. The topological polar surface area (TPSA) is 30.0 Å². The maximum atomic E-state index is 10.5. The molecule has 2 rings (SSSR count). The second kappa shape index (κ2) is 5.00. The first-order valence-electron chi connectivity index (χ1n) is 6.39. The highest BCUT2D eigenvalue weighted by molar-refractivity contribution is 4.88. The molecule has 1 N–H and O–H groups in total. The molecule has 0 unspecified atom stereocenters. The number of nitrogens with zero attached hydrogens (tertiary/aromatic N) is 3. The van der Waals surface area contributed by atoms with E-state index in [1.54, 1.807) is 0 Å². The van der Waals surface area contributed by atoms with E-state index < -0.39 is 5.60 Å². The molecule has 96 valence electrons. The van der Waals surface area contributed by atoms with Crippen molar-refractivity contribution < 1.29 is 6.53 Å². The van der Waals surface area contributed by atoms with Crippen molar-refractivity contribution >= 4 is 0 Å². The van der Waals surface area contributed by atoms with E-state index in [1.807, 2.05) is 0 Å². The molecule has 0 saturated carbocycles. The second-order valence-electron chi connectivity index (χ2n) is 5.61. The van der Waals surface area contributed by atoms with Crippen molar-refractivity contribution in [3.8, 4) is 0 Å². The van der Waals surface area contributed by atoms with Crippen molar-refractivity contribution in [3.63, 3.8) is 0 Å². The quantitative estimate of drug-likeness (QED) is 0.718. The first kappa shape index (κ1) is 12.3. The fourth-order valence-electron chi connectivity index (χ4n) is 2.62. The highest BCUT2D eigenvalue weighted by Gasteiger charge is 2.33. The van der Waals surface area contributed by atoms with Gasteiger partial charge in [0, 0.05) is 47.2 Å².